The Balaban J connectivity index is 1.89. The molecule has 0 radical (unpaired) electrons. The predicted molar refractivity (Wildman–Crippen MR) is 91.9 cm³/mol. The van der Waals surface area contributed by atoms with Gasteiger partial charge in [0.15, 0.2) is 6.23 Å². The van der Waals surface area contributed by atoms with Crippen LogP contribution in [0.1, 0.15) is 26.3 Å². The molecule has 0 spiro atoms. The van der Waals surface area contributed by atoms with Crippen LogP contribution in [0.3, 0.4) is 0 Å². The highest BCUT2D eigenvalue weighted by Crippen LogP contribution is 2.17. The molecule has 7 heteroatoms. The van der Waals surface area contributed by atoms with E-state index in [0.717, 1.165) is 5.56 Å². The van der Waals surface area contributed by atoms with Crippen LogP contribution in [0.15, 0.2) is 30.3 Å². The molecule has 0 aliphatic carbocycles. The van der Waals surface area contributed by atoms with Crippen LogP contribution in [0.2, 0.25) is 0 Å². The first-order valence-electron chi connectivity index (χ1n) is 8.28. The van der Waals surface area contributed by atoms with Crippen molar-refractivity contribution in [2.45, 2.75) is 39.2 Å². The number of methoxy groups -OCH3 is 1. The molecule has 0 saturated carbocycles. The third-order valence-electron chi connectivity index (χ3n) is 3.70. The normalized spacial score (nSPS) is 18.0. The average Bonchev–Trinajstić information content (AvgIpc) is 2.58. The first kappa shape index (κ1) is 19.1. The van der Waals surface area contributed by atoms with E-state index >= 15 is 0 Å². The lowest BCUT2D eigenvalue weighted by atomic mass is 10.2. The molecule has 2 amide bonds. The Kier molecular flexibility index (Phi) is 6.25. The van der Waals surface area contributed by atoms with Crippen molar-refractivity contribution < 1.29 is 23.8 Å². The maximum absolute atomic E-state index is 12.3. The van der Waals surface area contributed by atoms with Crippen LogP contribution in [-0.2, 0) is 20.8 Å². The van der Waals surface area contributed by atoms with Crippen molar-refractivity contribution in [3.63, 3.8) is 0 Å². The minimum atomic E-state index is -0.582. The minimum absolute atomic E-state index is 0.212. The Morgan fingerprint density at radius 1 is 1.12 bits per heavy atom. The fourth-order valence-electron chi connectivity index (χ4n) is 2.46. The number of nitrogens with zero attached hydrogens (tertiary/aromatic N) is 2. The smallest absolute Gasteiger partial charge is 0.412 e. The zero-order valence-corrected chi connectivity index (χ0v) is 15.2. The van der Waals surface area contributed by atoms with Crippen LogP contribution >= 0.6 is 0 Å². The number of hydrogen-bond acceptors (Lipinski definition) is 5. The molecule has 1 unspecified atom stereocenters. The van der Waals surface area contributed by atoms with Gasteiger partial charge in [0, 0.05) is 20.2 Å². The van der Waals surface area contributed by atoms with Gasteiger partial charge in [0.1, 0.15) is 12.2 Å². The van der Waals surface area contributed by atoms with Gasteiger partial charge in [0.05, 0.1) is 6.54 Å². The van der Waals surface area contributed by atoms with E-state index in [-0.39, 0.29) is 13.2 Å². The molecule has 1 aromatic rings. The number of benzene rings is 1. The third kappa shape index (κ3) is 5.63. The second-order valence-electron chi connectivity index (χ2n) is 6.85. The molecule has 1 atom stereocenters. The van der Waals surface area contributed by atoms with Crippen LogP contribution in [0.25, 0.3) is 0 Å². The summed E-state index contributed by atoms with van der Waals surface area (Å²) in [6, 6.07) is 9.48. The lowest BCUT2D eigenvalue weighted by molar-refractivity contribution is -0.0816. The molecular weight excluding hydrogens is 324 g/mol. The molecular formula is C18H26N2O5. The average molecular weight is 350 g/mol. The van der Waals surface area contributed by atoms with Crippen molar-refractivity contribution in [1.29, 1.82) is 0 Å². The molecule has 1 heterocycles. The van der Waals surface area contributed by atoms with Gasteiger partial charge in [-0.1, -0.05) is 30.3 Å². The van der Waals surface area contributed by atoms with Crippen molar-refractivity contribution in [1.82, 2.24) is 9.80 Å². The SMILES string of the molecule is COC1CN(C(=O)OCc2ccccc2)CCN1C(=O)OC(C)(C)C. The molecule has 1 fully saturated rings. The summed E-state index contributed by atoms with van der Waals surface area (Å²) in [5, 5.41) is 0. The lowest BCUT2D eigenvalue weighted by Crippen LogP contribution is -2.58. The van der Waals surface area contributed by atoms with E-state index < -0.39 is 24.0 Å². The van der Waals surface area contributed by atoms with Gasteiger partial charge in [0.2, 0.25) is 0 Å². The number of rotatable bonds is 3. The summed E-state index contributed by atoms with van der Waals surface area (Å²) in [5.41, 5.74) is 0.340. The summed E-state index contributed by atoms with van der Waals surface area (Å²) in [6.45, 7) is 6.57. The maximum Gasteiger partial charge on any atom is 0.412 e. The molecule has 0 bridgehead atoms. The maximum atomic E-state index is 12.3. The molecule has 1 aromatic carbocycles. The lowest BCUT2D eigenvalue weighted by Gasteiger charge is -2.40. The molecule has 25 heavy (non-hydrogen) atoms. The predicted octanol–water partition coefficient (Wildman–Crippen LogP) is 2.85. The van der Waals surface area contributed by atoms with Gasteiger partial charge in [-0.05, 0) is 26.3 Å². The minimum Gasteiger partial charge on any atom is -0.445 e. The molecule has 1 saturated heterocycles. The van der Waals surface area contributed by atoms with Gasteiger partial charge in [-0.25, -0.2) is 9.59 Å². The topological polar surface area (TPSA) is 68.3 Å². The summed E-state index contributed by atoms with van der Waals surface area (Å²) in [5.74, 6) is 0. The van der Waals surface area contributed by atoms with Crippen molar-refractivity contribution in [2.75, 3.05) is 26.7 Å². The Hall–Kier alpha value is -2.28. The number of carbonyl (C=O) groups excluding carboxylic acids is 2. The third-order valence-corrected chi connectivity index (χ3v) is 3.70. The Morgan fingerprint density at radius 3 is 2.40 bits per heavy atom. The van der Waals surface area contributed by atoms with Gasteiger partial charge in [0.25, 0.3) is 0 Å². The highest BCUT2D eigenvalue weighted by Gasteiger charge is 2.35. The summed E-state index contributed by atoms with van der Waals surface area (Å²) >= 11 is 0. The second-order valence-corrected chi connectivity index (χ2v) is 6.85. The molecule has 1 aliphatic rings. The van der Waals surface area contributed by atoms with E-state index in [0.29, 0.717) is 13.1 Å². The molecule has 138 valence electrons. The number of ether oxygens (including phenoxy) is 3. The van der Waals surface area contributed by atoms with Gasteiger partial charge in [-0.2, -0.15) is 0 Å². The monoisotopic (exact) mass is 350 g/mol. The van der Waals surface area contributed by atoms with Crippen LogP contribution in [0.5, 0.6) is 0 Å². The van der Waals surface area contributed by atoms with E-state index in [4.69, 9.17) is 14.2 Å². The van der Waals surface area contributed by atoms with Crippen molar-refractivity contribution in [2.24, 2.45) is 0 Å². The van der Waals surface area contributed by atoms with Crippen LogP contribution in [0, 0.1) is 0 Å². The van der Waals surface area contributed by atoms with Gasteiger partial charge in [-0.15, -0.1) is 0 Å². The molecule has 0 aromatic heterocycles. The van der Waals surface area contributed by atoms with Crippen LogP contribution in [-0.4, -0.2) is 60.6 Å². The summed E-state index contributed by atoms with van der Waals surface area (Å²) in [6.07, 6.45) is -1.43. The molecule has 2 rings (SSSR count). The Labute approximate surface area is 148 Å². The Morgan fingerprint density at radius 2 is 1.80 bits per heavy atom. The number of carbonyl (C=O) groups is 2. The van der Waals surface area contributed by atoms with Gasteiger partial charge in [-0.3, -0.25) is 4.90 Å². The Bertz CT molecular complexity index is 585. The largest absolute Gasteiger partial charge is 0.445 e. The molecule has 7 nitrogen and oxygen atoms in total. The van der Waals surface area contributed by atoms with Crippen LogP contribution < -0.4 is 0 Å². The zero-order chi connectivity index (χ0) is 18.4. The highest BCUT2D eigenvalue weighted by atomic mass is 16.6. The highest BCUT2D eigenvalue weighted by molar-refractivity contribution is 5.70. The second kappa shape index (κ2) is 8.20. The molecule has 1 aliphatic heterocycles. The van der Waals surface area contributed by atoms with Gasteiger partial charge >= 0.3 is 12.2 Å². The first-order valence-corrected chi connectivity index (χ1v) is 8.28. The summed E-state index contributed by atoms with van der Waals surface area (Å²) < 4.78 is 16.1. The van der Waals surface area contributed by atoms with Crippen molar-refractivity contribution >= 4 is 12.2 Å². The number of piperazine rings is 1. The van der Waals surface area contributed by atoms with E-state index in [1.54, 1.807) is 0 Å². The van der Waals surface area contributed by atoms with E-state index in [1.165, 1.54) is 16.9 Å². The quantitative estimate of drug-likeness (QED) is 0.838. The van der Waals surface area contributed by atoms with Gasteiger partial charge < -0.3 is 19.1 Å². The van der Waals surface area contributed by atoms with Crippen molar-refractivity contribution in [3.05, 3.63) is 35.9 Å². The number of hydrogen-bond donors (Lipinski definition) is 0. The summed E-state index contributed by atoms with van der Waals surface area (Å²) in [4.78, 5) is 27.5. The van der Waals surface area contributed by atoms with Crippen molar-refractivity contribution in [3.8, 4) is 0 Å². The van der Waals surface area contributed by atoms with E-state index in [2.05, 4.69) is 0 Å². The summed E-state index contributed by atoms with van der Waals surface area (Å²) in [7, 11) is 1.50. The fourth-order valence-corrected chi connectivity index (χ4v) is 2.46. The standard InChI is InChI=1S/C18H26N2O5/c1-18(2,3)25-17(22)20-11-10-19(12-15(20)23-4)16(21)24-13-14-8-6-5-7-9-14/h5-9,15H,10-13H2,1-4H3. The zero-order valence-electron chi connectivity index (χ0n) is 15.2. The van der Waals surface area contributed by atoms with E-state index in [1.807, 2.05) is 51.1 Å². The molecule has 0 N–H and O–H groups in total. The van der Waals surface area contributed by atoms with Crippen LogP contribution in [0.4, 0.5) is 9.59 Å². The number of amides is 2. The fraction of sp³-hybridized carbons (Fsp3) is 0.556. The first-order chi connectivity index (χ1) is 11.8. The van der Waals surface area contributed by atoms with E-state index in [9.17, 15) is 9.59 Å².